The van der Waals surface area contributed by atoms with Gasteiger partial charge in [0.25, 0.3) is 0 Å². The van der Waals surface area contributed by atoms with Gasteiger partial charge in [-0.2, -0.15) is 4.31 Å². The molecule has 0 spiro atoms. The van der Waals surface area contributed by atoms with Crippen LogP contribution >= 0.6 is 0 Å². The van der Waals surface area contributed by atoms with Gasteiger partial charge in [0.1, 0.15) is 11.6 Å². The number of nitrogens with one attached hydrogen (secondary N) is 1. The molecular weight excluding hydrogens is 367 g/mol. The molecule has 27 heavy (non-hydrogen) atoms. The Bertz CT molecular complexity index is 964. The van der Waals surface area contributed by atoms with Crippen molar-refractivity contribution in [2.75, 3.05) is 13.1 Å². The van der Waals surface area contributed by atoms with E-state index in [-0.39, 0.29) is 4.90 Å². The van der Waals surface area contributed by atoms with Crippen molar-refractivity contribution >= 4 is 10.0 Å². The Morgan fingerprint density at radius 1 is 1.30 bits per heavy atom. The molecule has 1 aromatic heterocycles. The minimum atomic E-state index is -3.82. The van der Waals surface area contributed by atoms with E-state index >= 15 is 0 Å². The van der Waals surface area contributed by atoms with E-state index in [1.54, 1.807) is 13.1 Å². The first-order chi connectivity index (χ1) is 13.0. The van der Waals surface area contributed by atoms with Crippen LogP contribution in [0.2, 0.25) is 0 Å². The quantitative estimate of drug-likeness (QED) is 0.872. The summed E-state index contributed by atoms with van der Waals surface area (Å²) in [5.41, 5.74) is 2.48. The molecule has 1 atom stereocenters. The van der Waals surface area contributed by atoms with Crippen LogP contribution in [-0.2, 0) is 23.0 Å². The Morgan fingerprint density at radius 3 is 2.96 bits per heavy atom. The number of aryl methyl sites for hydroxylation is 1. The third kappa shape index (κ3) is 3.49. The Kier molecular flexibility index (Phi) is 4.96. The lowest BCUT2D eigenvalue weighted by atomic mass is 10.0. The van der Waals surface area contributed by atoms with E-state index in [0.29, 0.717) is 24.4 Å². The molecule has 1 saturated heterocycles. The summed E-state index contributed by atoms with van der Waals surface area (Å²) >= 11 is 0. The van der Waals surface area contributed by atoms with E-state index in [1.807, 2.05) is 0 Å². The van der Waals surface area contributed by atoms with Gasteiger partial charge in [-0.1, -0.05) is 12.5 Å². The topological polar surface area (TPSA) is 75.2 Å². The van der Waals surface area contributed by atoms with Crippen molar-refractivity contribution in [1.82, 2.24) is 19.6 Å². The van der Waals surface area contributed by atoms with Gasteiger partial charge in [0.15, 0.2) is 0 Å². The summed E-state index contributed by atoms with van der Waals surface area (Å²) in [7, 11) is -3.82. The van der Waals surface area contributed by atoms with Crippen molar-refractivity contribution in [3.05, 3.63) is 52.9 Å². The van der Waals surface area contributed by atoms with Crippen molar-refractivity contribution in [2.24, 2.45) is 0 Å². The SMILES string of the molecule is Cc1ccc(S(=O)(=O)N2CCCC[C@H]2c2ncc3c(n2)CCNC3)cc1F. The maximum absolute atomic E-state index is 14.0. The van der Waals surface area contributed by atoms with E-state index in [4.69, 9.17) is 4.98 Å². The van der Waals surface area contributed by atoms with Gasteiger partial charge in [0.2, 0.25) is 10.0 Å². The van der Waals surface area contributed by atoms with Crippen LogP contribution in [-0.4, -0.2) is 35.8 Å². The predicted molar refractivity (Wildman–Crippen MR) is 99.1 cm³/mol. The zero-order valence-electron chi connectivity index (χ0n) is 15.3. The normalized spacial score (nSPS) is 21.0. The Morgan fingerprint density at radius 2 is 2.15 bits per heavy atom. The average Bonchev–Trinajstić information content (AvgIpc) is 2.69. The summed E-state index contributed by atoms with van der Waals surface area (Å²) in [6, 6.07) is 3.67. The number of nitrogens with zero attached hydrogens (tertiary/aromatic N) is 3. The number of piperidine rings is 1. The van der Waals surface area contributed by atoms with E-state index in [0.717, 1.165) is 49.7 Å². The third-order valence-corrected chi connectivity index (χ3v) is 7.23. The lowest BCUT2D eigenvalue weighted by Crippen LogP contribution is -2.39. The molecule has 4 rings (SSSR count). The van der Waals surface area contributed by atoms with E-state index in [1.165, 1.54) is 16.4 Å². The molecule has 2 aliphatic heterocycles. The largest absolute Gasteiger partial charge is 0.312 e. The molecule has 0 radical (unpaired) electrons. The average molecular weight is 390 g/mol. The van der Waals surface area contributed by atoms with Crippen molar-refractivity contribution in [2.45, 2.75) is 50.1 Å². The number of benzene rings is 1. The highest BCUT2D eigenvalue weighted by molar-refractivity contribution is 7.89. The number of aromatic nitrogens is 2. The van der Waals surface area contributed by atoms with Gasteiger partial charge in [0, 0.05) is 43.5 Å². The zero-order chi connectivity index (χ0) is 19.0. The van der Waals surface area contributed by atoms with Gasteiger partial charge in [-0.05, 0) is 37.5 Å². The van der Waals surface area contributed by atoms with Crippen molar-refractivity contribution in [3.8, 4) is 0 Å². The van der Waals surface area contributed by atoms with Gasteiger partial charge < -0.3 is 5.32 Å². The molecule has 8 heteroatoms. The van der Waals surface area contributed by atoms with Crippen molar-refractivity contribution in [1.29, 1.82) is 0 Å². The summed E-state index contributed by atoms with van der Waals surface area (Å²) < 4.78 is 41.9. The Hall–Kier alpha value is -1.90. The van der Waals surface area contributed by atoms with Crippen LogP contribution in [0, 0.1) is 12.7 Å². The molecule has 2 aromatic rings. The molecule has 0 amide bonds. The molecule has 0 bridgehead atoms. The highest BCUT2D eigenvalue weighted by Gasteiger charge is 2.36. The van der Waals surface area contributed by atoms with Crippen LogP contribution in [0.1, 0.15) is 47.9 Å². The molecule has 6 nitrogen and oxygen atoms in total. The molecular formula is C19H23FN4O2S. The molecule has 144 valence electrons. The van der Waals surface area contributed by atoms with Crippen LogP contribution in [0.5, 0.6) is 0 Å². The maximum atomic E-state index is 14.0. The number of fused-ring (bicyclic) bond motifs is 1. The molecule has 0 unspecified atom stereocenters. The first-order valence-corrected chi connectivity index (χ1v) is 10.7. The van der Waals surface area contributed by atoms with Gasteiger partial charge in [-0.25, -0.2) is 22.8 Å². The fourth-order valence-corrected chi connectivity index (χ4v) is 5.40. The lowest BCUT2D eigenvalue weighted by Gasteiger charge is -2.34. The summed E-state index contributed by atoms with van der Waals surface area (Å²) in [6.45, 7) is 3.61. The molecule has 0 aliphatic carbocycles. The number of rotatable bonds is 3. The molecule has 1 N–H and O–H groups in total. The highest BCUT2D eigenvalue weighted by atomic mass is 32.2. The van der Waals surface area contributed by atoms with E-state index in [2.05, 4.69) is 10.3 Å². The van der Waals surface area contributed by atoms with E-state index in [9.17, 15) is 12.8 Å². The second-order valence-corrected chi connectivity index (χ2v) is 9.06. The molecule has 3 heterocycles. The van der Waals surface area contributed by atoms with Crippen LogP contribution in [0.25, 0.3) is 0 Å². The Labute approximate surface area is 158 Å². The summed E-state index contributed by atoms with van der Waals surface area (Å²) in [6.07, 6.45) is 4.98. The van der Waals surface area contributed by atoms with Crippen LogP contribution in [0.15, 0.2) is 29.3 Å². The monoisotopic (exact) mass is 390 g/mol. The summed E-state index contributed by atoms with van der Waals surface area (Å²) in [4.78, 5) is 9.15. The lowest BCUT2D eigenvalue weighted by molar-refractivity contribution is 0.245. The molecule has 0 saturated carbocycles. The number of hydrogen-bond donors (Lipinski definition) is 1. The fourth-order valence-electron chi connectivity index (χ4n) is 3.73. The second kappa shape index (κ2) is 7.26. The second-order valence-electron chi connectivity index (χ2n) is 7.17. The fraction of sp³-hybridized carbons (Fsp3) is 0.474. The van der Waals surface area contributed by atoms with Gasteiger partial charge in [-0.15, -0.1) is 0 Å². The number of hydrogen-bond acceptors (Lipinski definition) is 5. The number of halogens is 1. The molecule has 2 aliphatic rings. The maximum Gasteiger partial charge on any atom is 0.243 e. The smallest absolute Gasteiger partial charge is 0.243 e. The van der Waals surface area contributed by atoms with E-state index < -0.39 is 21.9 Å². The minimum absolute atomic E-state index is 0.0142. The minimum Gasteiger partial charge on any atom is -0.312 e. The molecule has 1 aromatic carbocycles. The van der Waals surface area contributed by atoms with Gasteiger partial charge in [-0.3, -0.25) is 0 Å². The summed E-state index contributed by atoms with van der Waals surface area (Å²) in [5, 5.41) is 3.28. The first-order valence-electron chi connectivity index (χ1n) is 9.30. The van der Waals surface area contributed by atoms with Gasteiger partial charge in [0.05, 0.1) is 10.9 Å². The molecule has 1 fully saturated rings. The number of sulfonamides is 1. The van der Waals surface area contributed by atoms with Gasteiger partial charge >= 0.3 is 0 Å². The van der Waals surface area contributed by atoms with Crippen LogP contribution in [0.4, 0.5) is 4.39 Å². The summed E-state index contributed by atoms with van der Waals surface area (Å²) in [5.74, 6) is 0.0358. The van der Waals surface area contributed by atoms with Crippen molar-refractivity contribution in [3.63, 3.8) is 0 Å². The first kappa shape index (κ1) is 18.5. The standard InChI is InChI=1S/C19H23FN4O2S/c1-13-5-6-15(10-16(13)20)27(25,26)24-9-3-2-4-18(24)19-22-12-14-11-21-8-7-17(14)23-19/h5-6,10,12,18,21H,2-4,7-9,11H2,1H3/t18-/m0/s1. The van der Waals surface area contributed by atoms with Crippen molar-refractivity contribution < 1.29 is 12.8 Å². The highest BCUT2D eigenvalue weighted by Crippen LogP contribution is 2.34. The predicted octanol–water partition coefficient (Wildman–Crippen LogP) is 2.49. The Balaban J connectivity index is 1.71. The third-order valence-electron chi connectivity index (χ3n) is 5.33. The zero-order valence-corrected chi connectivity index (χ0v) is 16.1. The van der Waals surface area contributed by atoms with Crippen LogP contribution < -0.4 is 5.32 Å². The van der Waals surface area contributed by atoms with Crippen LogP contribution in [0.3, 0.4) is 0 Å².